The summed E-state index contributed by atoms with van der Waals surface area (Å²) in [4.78, 5) is 13.4. The topological polar surface area (TPSA) is 88.1 Å². The number of hydrogen-bond donors (Lipinski definition) is 1. The number of sulfonamides is 1. The third-order valence-corrected chi connectivity index (χ3v) is 5.38. The molecule has 7 nitrogen and oxygen atoms in total. The molecular formula is C17H19N3O4S2. The van der Waals surface area contributed by atoms with Crippen LogP contribution in [-0.4, -0.2) is 45.0 Å². The van der Waals surface area contributed by atoms with E-state index in [0.29, 0.717) is 12.1 Å². The van der Waals surface area contributed by atoms with Gasteiger partial charge in [-0.3, -0.25) is 9.52 Å². The lowest BCUT2D eigenvalue weighted by Gasteiger charge is -2.20. The fourth-order valence-electron chi connectivity index (χ4n) is 2.78. The quantitative estimate of drug-likeness (QED) is 0.816. The fraction of sp³-hybridized carbons (Fsp3) is 0.294. The van der Waals surface area contributed by atoms with Gasteiger partial charge in [0.15, 0.2) is 0 Å². The zero-order valence-electron chi connectivity index (χ0n) is 14.4. The first-order valence-electron chi connectivity index (χ1n) is 7.87. The van der Waals surface area contributed by atoms with Crippen LogP contribution < -0.4 is 4.72 Å². The molecule has 1 unspecified atom stereocenters. The van der Waals surface area contributed by atoms with Crippen molar-refractivity contribution in [2.75, 3.05) is 24.7 Å². The van der Waals surface area contributed by atoms with Crippen LogP contribution in [-0.2, 0) is 19.6 Å². The molecule has 3 rings (SSSR count). The van der Waals surface area contributed by atoms with Crippen LogP contribution >= 0.6 is 11.3 Å². The molecule has 1 N–H and O–H groups in total. The summed E-state index contributed by atoms with van der Waals surface area (Å²) in [6.45, 7) is -0.0473. The van der Waals surface area contributed by atoms with Crippen molar-refractivity contribution < 1.29 is 17.9 Å². The molecule has 1 aromatic heterocycles. The maximum absolute atomic E-state index is 12.4. The fourth-order valence-corrected chi connectivity index (χ4v) is 4.15. The molecule has 0 bridgehead atoms. The zero-order chi connectivity index (χ0) is 18.7. The highest BCUT2D eigenvalue weighted by molar-refractivity contribution is 7.92. The number of nitrogens with one attached hydrogen (secondary N) is 1. The Morgan fingerprint density at radius 1 is 1.38 bits per heavy atom. The highest BCUT2D eigenvalue weighted by Gasteiger charge is 2.33. The van der Waals surface area contributed by atoms with E-state index in [0.717, 1.165) is 22.4 Å². The summed E-state index contributed by atoms with van der Waals surface area (Å²) >= 11 is 1.57. The summed E-state index contributed by atoms with van der Waals surface area (Å²) in [6.07, 6.45) is 1.66. The molecule has 1 amide bonds. The highest BCUT2D eigenvalue weighted by Crippen LogP contribution is 2.35. The van der Waals surface area contributed by atoms with Gasteiger partial charge < -0.3 is 4.74 Å². The van der Waals surface area contributed by atoms with E-state index < -0.39 is 10.0 Å². The number of amides is 1. The summed E-state index contributed by atoms with van der Waals surface area (Å²) in [7, 11) is -1.89. The first-order valence-corrected chi connectivity index (χ1v) is 10.6. The number of methoxy groups -OCH3 is 1. The third kappa shape index (κ3) is 4.29. The Labute approximate surface area is 156 Å². The molecule has 1 atom stereocenters. The first kappa shape index (κ1) is 18.6. The van der Waals surface area contributed by atoms with Crippen molar-refractivity contribution in [1.82, 2.24) is 5.01 Å². The Morgan fingerprint density at radius 2 is 2.19 bits per heavy atom. The minimum absolute atomic E-state index is 0.0473. The smallest absolute Gasteiger partial charge is 0.269 e. The lowest BCUT2D eigenvalue weighted by molar-refractivity contribution is -0.136. The highest BCUT2D eigenvalue weighted by atomic mass is 32.2. The van der Waals surface area contributed by atoms with Gasteiger partial charge in [0.25, 0.3) is 5.91 Å². The van der Waals surface area contributed by atoms with E-state index in [1.54, 1.807) is 29.5 Å². The average Bonchev–Trinajstić information content (AvgIpc) is 3.23. The van der Waals surface area contributed by atoms with E-state index in [1.165, 1.54) is 12.1 Å². The number of hydrogen-bond acceptors (Lipinski definition) is 6. The molecule has 1 aromatic carbocycles. The van der Waals surface area contributed by atoms with Crippen LogP contribution in [0.15, 0.2) is 46.9 Å². The van der Waals surface area contributed by atoms with Crippen molar-refractivity contribution in [3.8, 4) is 0 Å². The molecular weight excluding hydrogens is 374 g/mol. The molecule has 0 radical (unpaired) electrons. The van der Waals surface area contributed by atoms with Crippen LogP contribution in [0.3, 0.4) is 0 Å². The van der Waals surface area contributed by atoms with Gasteiger partial charge in [-0.05, 0) is 29.1 Å². The SMILES string of the molecule is COCC(=O)N1N=C(c2cccc(NS(C)(=O)=O)c2)CC1c1cccs1. The van der Waals surface area contributed by atoms with E-state index >= 15 is 0 Å². The van der Waals surface area contributed by atoms with E-state index in [-0.39, 0.29) is 18.6 Å². The predicted molar refractivity (Wildman–Crippen MR) is 102 cm³/mol. The lowest BCUT2D eigenvalue weighted by atomic mass is 10.0. The van der Waals surface area contributed by atoms with Crippen molar-refractivity contribution >= 4 is 38.7 Å². The van der Waals surface area contributed by atoms with E-state index in [9.17, 15) is 13.2 Å². The number of nitrogens with zero attached hydrogens (tertiary/aromatic N) is 2. The summed E-state index contributed by atoms with van der Waals surface area (Å²) in [5.74, 6) is -0.216. The molecule has 1 aliphatic heterocycles. The third-order valence-electron chi connectivity index (χ3n) is 3.80. The Kier molecular flexibility index (Phi) is 5.40. The summed E-state index contributed by atoms with van der Waals surface area (Å²) < 4.78 is 30.3. The maximum Gasteiger partial charge on any atom is 0.269 e. The summed E-state index contributed by atoms with van der Waals surface area (Å²) in [5, 5.41) is 7.92. The Hall–Kier alpha value is -2.23. The normalized spacial score (nSPS) is 17.2. The van der Waals surface area contributed by atoms with Crippen LogP contribution in [0, 0.1) is 0 Å². The number of hydrazone groups is 1. The number of carbonyl (C=O) groups is 1. The van der Waals surface area contributed by atoms with Gasteiger partial charge in [-0.2, -0.15) is 5.10 Å². The number of rotatable bonds is 6. The van der Waals surface area contributed by atoms with Crippen molar-refractivity contribution in [2.24, 2.45) is 5.10 Å². The second-order valence-corrected chi connectivity index (χ2v) is 8.64. The average molecular weight is 393 g/mol. The number of anilines is 1. The van der Waals surface area contributed by atoms with Crippen molar-refractivity contribution in [3.05, 3.63) is 52.2 Å². The molecule has 2 heterocycles. The minimum Gasteiger partial charge on any atom is -0.375 e. The lowest BCUT2D eigenvalue weighted by Crippen LogP contribution is -2.29. The van der Waals surface area contributed by atoms with Crippen molar-refractivity contribution in [2.45, 2.75) is 12.5 Å². The first-order chi connectivity index (χ1) is 12.4. The summed E-state index contributed by atoms with van der Waals surface area (Å²) in [6, 6.07) is 10.7. The molecule has 0 saturated carbocycles. The molecule has 2 aromatic rings. The molecule has 26 heavy (non-hydrogen) atoms. The van der Waals surface area contributed by atoms with Crippen LogP contribution in [0.4, 0.5) is 5.69 Å². The minimum atomic E-state index is -3.36. The van der Waals surface area contributed by atoms with E-state index in [2.05, 4.69) is 9.82 Å². The van der Waals surface area contributed by atoms with E-state index in [4.69, 9.17) is 4.74 Å². The Balaban J connectivity index is 1.91. The van der Waals surface area contributed by atoms with Crippen molar-refractivity contribution in [1.29, 1.82) is 0 Å². The van der Waals surface area contributed by atoms with Gasteiger partial charge in [0.1, 0.15) is 6.61 Å². The van der Waals surface area contributed by atoms with Crippen molar-refractivity contribution in [3.63, 3.8) is 0 Å². The molecule has 138 valence electrons. The maximum atomic E-state index is 12.4. The molecule has 0 fully saturated rings. The Bertz CT molecular complexity index is 923. The second kappa shape index (κ2) is 7.56. The van der Waals surface area contributed by atoms with Crippen LogP contribution in [0.5, 0.6) is 0 Å². The zero-order valence-corrected chi connectivity index (χ0v) is 16.0. The second-order valence-electron chi connectivity index (χ2n) is 5.91. The van der Waals surface area contributed by atoms with Gasteiger partial charge in [-0.15, -0.1) is 11.3 Å². The molecule has 9 heteroatoms. The van der Waals surface area contributed by atoms with Crippen LogP contribution in [0.25, 0.3) is 0 Å². The monoisotopic (exact) mass is 393 g/mol. The van der Waals surface area contributed by atoms with Gasteiger partial charge in [0.2, 0.25) is 10.0 Å². The number of benzene rings is 1. The summed E-state index contributed by atoms with van der Waals surface area (Å²) in [5.41, 5.74) is 1.96. The largest absolute Gasteiger partial charge is 0.375 e. The molecule has 0 aliphatic carbocycles. The van der Waals surface area contributed by atoms with Gasteiger partial charge in [0, 0.05) is 24.1 Å². The van der Waals surface area contributed by atoms with Gasteiger partial charge in [0.05, 0.1) is 18.0 Å². The number of carbonyl (C=O) groups excluding carboxylic acids is 1. The predicted octanol–water partition coefficient (Wildman–Crippen LogP) is 2.44. The number of ether oxygens (including phenoxy) is 1. The molecule has 0 spiro atoms. The van der Waals surface area contributed by atoms with Crippen LogP contribution in [0.2, 0.25) is 0 Å². The van der Waals surface area contributed by atoms with Gasteiger partial charge in [-0.25, -0.2) is 13.4 Å². The van der Waals surface area contributed by atoms with Gasteiger partial charge in [-0.1, -0.05) is 18.2 Å². The molecule has 1 aliphatic rings. The van der Waals surface area contributed by atoms with Gasteiger partial charge >= 0.3 is 0 Å². The van der Waals surface area contributed by atoms with E-state index in [1.807, 2.05) is 23.6 Å². The molecule has 0 saturated heterocycles. The Morgan fingerprint density at radius 3 is 2.85 bits per heavy atom. The number of thiophene rings is 1. The van der Waals surface area contributed by atoms with Crippen LogP contribution in [0.1, 0.15) is 22.9 Å². The standard InChI is InChI=1S/C17H19N3O4S2/c1-24-11-17(21)20-15(16-7-4-8-25-16)10-14(18-20)12-5-3-6-13(9-12)19-26(2,22)23/h3-9,15,19H,10-11H2,1-2H3.